The molecule has 4 rings (SSSR count). The standard InChI is InChI=1S/C21H23N3O3S/c1-14-9-11-15(12-10-14)13-26-17-7-4-8-18-19(17)20(23-27-18)22-21(25)24(28)16-5-2-3-6-16/h4,7-12,16,28H,2-3,5-6,13H2,1H3,(H,22,23,25). The number of benzene rings is 2. The van der Waals surface area contributed by atoms with Crippen molar-refractivity contribution in [3.05, 3.63) is 53.6 Å². The number of hydrogen-bond acceptors (Lipinski definition) is 5. The number of ether oxygens (including phenoxy) is 1. The number of amides is 2. The van der Waals surface area contributed by atoms with Gasteiger partial charge in [-0.15, -0.1) is 0 Å². The minimum absolute atomic E-state index is 0.152. The first-order valence-electron chi connectivity index (χ1n) is 9.47. The largest absolute Gasteiger partial charge is 0.488 e. The van der Waals surface area contributed by atoms with Crippen molar-refractivity contribution in [1.82, 2.24) is 9.46 Å². The number of aromatic nitrogens is 1. The average molecular weight is 398 g/mol. The van der Waals surface area contributed by atoms with Gasteiger partial charge in [0.25, 0.3) is 0 Å². The predicted molar refractivity (Wildman–Crippen MR) is 112 cm³/mol. The van der Waals surface area contributed by atoms with Crippen molar-refractivity contribution in [2.45, 2.75) is 45.3 Å². The fourth-order valence-electron chi connectivity index (χ4n) is 3.49. The number of fused-ring (bicyclic) bond motifs is 1. The topological polar surface area (TPSA) is 67.6 Å². The van der Waals surface area contributed by atoms with Gasteiger partial charge in [-0.2, -0.15) is 0 Å². The lowest BCUT2D eigenvalue weighted by atomic mass is 10.2. The van der Waals surface area contributed by atoms with Crippen LogP contribution in [0.3, 0.4) is 0 Å². The second-order valence-electron chi connectivity index (χ2n) is 7.15. The van der Waals surface area contributed by atoms with Crippen molar-refractivity contribution < 1.29 is 14.1 Å². The minimum Gasteiger partial charge on any atom is -0.488 e. The molecule has 2 amide bonds. The summed E-state index contributed by atoms with van der Waals surface area (Å²) in [5, 5.41) is 7.49. The molecule has 0 saturated heterocycles. The van der Waals surface area contributed by atoms with Crippen molar-refractivity contribution in [1.29, 1.82) is 0 Å². The summed E-state index contributed by atoms with van der Waals surface area (Å²) in [6, 6.07) is 13.5. The van der Waals surface area contributed by atoms with E-state index < -0.39 is 0 Å². The maximum atomic E-state index is 12.6. The summed E-state index contributed by atoms with van der Waals surface area (Å²) >= 11 is 4.38. The third-order valence-electron chi connectivity index (χ3n) is 5.08. The van der Waals surface area contributed by atoms with Gasteiger partial charge in [0.15, 0.2) is 11.4 Å². The first-order chi connectivity index (χ1) is 13.6. The average Bonchev–Trinajstić information content (AvgIpc) is 3.38. The molecule has 1 aliphatic rings. The van der Waals surface area contributed by atoms with Gasteiger partial charge in [0.1, 0.15) is 17.7 Å². The van der Waals surface area contributed by atoms with Crippen LogP contribution in [-0.4, -0.2) is 21.5 Å². The predicted octanol–water partition coefficient (Wildman–Crippen LogP) is 5.34. The zero-order valence-corrected chi connectivity index (χ0v) is 16.6. The van der Waals surface area contributed by atoms with Crippen LogP contribution in [0, 0.1) is 6.92 Å². The van der Waals surface area contributed by atoms with E-state index in [2.05, 4.69) is 35.4 Å². The Bertz CT molecular complexity index is 965. The molecule has 0 atom stereocenters. The Balaban J connectivity index is 1.52. The minimum atomic E-state index is -0.307. The number of hydrogen-bond donors (Lipinski definition) is 2. The summed E-state index contributed by atoms with van der Waals surface area (Å²) in [7, 11) is 0. The van der Waals surface area contributed by atoms with Crippen LogP contribution in [0.2, 0.25) is 0 Å². The molecular weight excluding hydrogens is 374 g/mol. The van der Waals surface area contributed by atoms with Crippen LogP contribution in [0.25, 0.3) is 11.0 Å². The molecule has 0 aliphatic heterocycles. The van der Waals surface area contributed by atoms with E-state index in [0.717, 1.165) is 31.2 Å². The molecule has 1 heterocycles. The molecule has 6 nitrogen and oxygen atoms in total. The Morgan fingerprint density at radius 3 is 2.75 bits per heavy atom. The van der Waals surface area contributed by atoms with Gasteiger partial charge in [-0.25, -0.2) is 4.79 Å². The lowest BCUT2D eigenvalue weighted by Crippen LogP contribution is -2.34. The Morgan fingerprint density at radius 1 is 1.25 bits per heavy atom. The summed E-state index contributed by atoms with van der Waals surface area (Å²) < 4.78 is 12.8. The van der Waals surface area contributed by atoms with Gasteiger partial charge in [0.2, 0.25) is 0 Å². The van der Waals surface area contributed by atoms with E-state index in [1.165, 1.54) is 9.87 Å². The van der Waals surface area contributed by atoms with Crippen LogP contribution in [0.4, 0.5) is 10.6 Å². The monoisotopic (exact) mass is 397 g/mol. The molecule has 0 radical (unpaired) electrons. The van der Waals surface area contributed by atoms with Gasteiger partial charge < -0.3 is 9.26 Å². The second kappa shape index (κ2) is 8.14. The van der Waals surface area contributed by atoms with Crippen molar-refractivity contribution in [2.24, 2.45) is 0 Å². The van der Waals surface area contributed by atoms with Crippen LogP contribution in [0.1, 0.15) is 36.8 Å². The third kappa shape index (κ3) is 3.94. The molecule has 146 valence electrons. The van der Waals surface area contributed by atoms with Crippen molar-refractivity contribution in [2.75, 3.05) is 5.32 Å². The van der Waals surface area contributed by atoms with E-state index in [1.807, 2.05) is 31.2 Å². The molecule has 7 heteroatoms. The smallest absolute Gasteiger partial charge is 0.333 e. The van der Waals surface area contributed by atoms with E-state index in [9.17, 15) is 4.79 Å². The first kappa shape index (κ1) is 18.7. The van der Waals surface area contributed by atoms with Crippen LogP contribution in [0.15, 0.2) is 47.0 Å². The summed E-state index contributed by atoms with van der Waals surface area (Å²) in [4.78, 5) is 12.6. The summed E-state index contributed by atoms with van der Waals surface area (Å²) in [6.07, 6.45) is 4.20. The SMILES string of the molecule is Cc1ccc(COc2cccc3onc(NC(=O)N(S)C4CCCC4)c23)cc1. The lowest BCUT2D eigenvalue weighted by molar-refractivity contribution is 0.229. The molecular formula is C21H23N3O3S. The van der Waals surface area contributed by atoms with Crippen LogP contribution in [0.5, 0.6) is 5.75 Å². The number of thiol groups is 1. The maximum absolute atomic E-state index is 12.6. The molecule has 1 fully saturated rings. The molecule has 0 unspecified atom stereocenters. The normalized spacial score (nSPS) is 14.4. The van der Waals surface area contributed by atoms with Gasteiger partial charge >= 0.3 is 6.03 Å². The number of anilines is 1. The highest BCUT2D eigenvalue weighted by Gasteiger charge is 2.26. The van der Waals surface area contributed by atoms with Gasteiger partial charge in [0.05, 0.1) is 0 Å². The van der Waals surface area contributed by atoms with Gasteiger partial charge in [-0.05, 0) is 37.5 Å². The van der Waals surface area contributed by atoms with Crippen molar-refractivity contribution >= 4 is 35.6 Å². The van der Waals surface area contributed by atoms with Gasteiger partial charge in [-0.1, -0.05) is 66.7 Å². The molecule has 2 aromatic carbocycles. The Hall–Kier alpha value is -2.67. The molecule has 1 aliphatic carbocycles. The Kier molecular flexibility index (Phi) is 5.43. The fourth-order valence-corrected chi connectivity index (χ4v) is 3.77. The van der Waals surface area contributed by atoms with E-state index in [4.69, 9.17) is 9.26 Å². The molecule has 3 aromatic rings. The number of rotatable bonds is 5. The molecule has 0 bridgehead atoms. The zero-order chi connectivity index (χ0) is 19.5. The maximum Gasteiger partial charge on any atom is 0.333 e. The highest BCUT2D eigenvalue weighted by Crippen LogP contribution is 2.33. The third-order valence-corrected chi connectivity index (χ3v) is 5.59. The summed E-state index contributed by atoms with van der Waals surface area (Å²) in [6.45, 7) is 2.46. The van der Waals surface area contributed by atoms with Gasteiger partial charge in [0, 0.05) is 6.04 Å². The number of carbonyl (C=O) groups excluding carboxylic acids is 1. The highest BCUT2D eigenvalue weighted by molar-refractivity contribution is 7.78. The fraction of sp³-hybridized carbons (Fsp3) is 0.333. The second-order valence-corrected chi connectivity index (χ2v) is 7.58. The quantitative estimate of drug-likeness (QED) is 0.571. The number of carbonyl (C=O) groups is 1. The van der Waals surface area contributed by atoms with Crippen molar-refractivity contribution in [3.8, 4) is 5.75 Å². The Labute approximate surface area is 169 Å². The van der Waals surface area contributed by atoms with Crippen molar-refractivity contribution in [3.63, 3.8) is 0 Å². The highest BCUT2D eigenvalue weighted by atomic mass is 32.1. The zero-order valence-electron chi connectivity index (χ0n) is 15.7. The number of aryl methyl sites for hydroxylation is 1. The number of urea groups is 1. The first-order valence-corrected chi connectivity index (χ1v) is 9.87. The van der Waals surface area contributed by atoms with Crippen LogP contribution >= 0.6 is 12.8 Å². The van der Waals surface area contributed by atoms with Crippen LogP contribution in [-0.2, 0) is 6.61 Å². The molecule has 1 saturated carbocycles. The van der Waals surface area contributed by atoms with E-state index in [0.29, 0.717) is 29.1 Å². The number of nitrogens with zero attached hydrogens (tertiary/aromatic N) is 2. The van der Waals surface area contributed by atoms with Crippen LogP contribution < -0.4 is 10.1 Å². The molecule has 0 spiro atoms. The Morgan fingerprint density at radius 2 is 2.00 bits per heavy atom. The van der Waals surface area contributed by atoms with E-state index in [1.54, 1.807) is 6.07 Å². The van der Waals surface area contributed by atoms with E-state index in [-0.39, 0.29) is 12.1 Å². The molecule has 1 aromatic heterocycles. The summed E-state index contributed by atoms with van der Waals surface area (Å²) in [5.74, 6) is 0.956. The molecule has 1 N–H and O–H groups in total. The number of nitrogens with one attached hydrogen (secondary N) is 1. The van der Waals surface area contributed by atoms with Gasteiger partial charge in [-0.3, -0.25) is 9.62 Å². The van der Waals surface area contributed by atoms with E-state index >= 15 is 0 Å². The molecule has 28 heavy (non-hydrogen) atoms. The lowest BCUT2D eigenvalue weighted by Gasteiger charge is -2.22. The summed E-state index contributed by atoms with van der Waals surface area (Å²) in [5.41, 5.74) is 2.82.